The number of aromatic nitrogens is 2. The van der Waals surface area contributed by atoms with Crippen molar-refractivity contribution < 1.29 is 29.5 Å². The molecule has 0 bridgehead atoms. The van der Waals surface area contributed by atoms with E-state index in [1.54, 1.807) is 0 Å². The van der Waals surface area contributed by atoms with Crippen LogP contribution in [0.4, 0.5) is 5.82 Å². The second-order valence-electron chi connectivity index (χ2n) is 6.76. The first-order valence-corrected chi connectivity index (χ1v) is 8.82. The van der Waals surface area contributed by atoms with Crippen LogP contribution in [0.15, 0.2) is 47.4 Å². The number of aliphatic hydroxyl groups is 3. The molecule has 1 unspecified atom stereocenters. The van der Waals surface area contributed by atoms with Gasteiger partial charge < -0.3 is 35.3 Å². The maximum Gasteiger partial charge on any atom is 0.351 e. The van der Waals surface area contributed by atoms with Crippen molar-refractivity contribution in [3.8, 4) is 0 Å². The Labute approximate surface area is 159 Å². The van der Waals surface area contributed by atoms with Crippen molar-refractivity contribution in [1.29, 1.82) is 0 Å². The summed E-state index contributed by atoms with van der Waals surface area (Å²) in [5, 5.41) is 31.5. The molecule has 28 heavy (non-hydrogen) atoms. The Balaban J connectivity index is 1.62. The predicted molar refractivity (Wildman–Crippen MR) is 94.8 cm³/mol. The summed E-state index contributed by atoms with van der Waals surface area (Å²) in [6.45, 7) is 0.0222. The standard InChI is InChI=1S/C18H21N3O7/c19-11-6-7-21(18(25)20-11)16-14(24)12(22)13(23)15-10(27-16)8-26-17(28-15)9-4-2-1-3-5-9/h1-7,10,12-17,22-24H,8H2,(H2,19,20,25)/t10-,12-,13-,14-,15-,16-,17?/m1/s1. The van der Waals surface area contributed by atoms with Crippen molar-refractivity contribution in [2.75, 3.05) is 12.3 Å². The van der Waals surface area contributed by atoms with Gasteiger partial charge >= 0.3 is 5.69 Å². The highest BCUT2D eigenvalue weighted by molar-refractivity contribution is 5.23. The Hall–Kier alpha value is -2.34. The summed E-state index contributed by atoms with van der Waals surface area (Å²) in [6, 6.07) is 10.5. The minimum absolute atomic E-state index is 0.0119. The first-order chi connectivity index (χ1) is 13.5. The van der Waals surface area contributed by atoms with Gasteiger partial charge in [-0.25, -0.2) is 4.79 Å². The number of hydrogen-bond acceptors (Lipinski definition) is 9. The monoisotopic (exact) mass is 391 g/mol. The maximum absolute atomic E-state index is 12.2. The quantitative estimate of drug-likeness (QED) is 0.501. The molecule has 1 aromatic carbocycles. The predicted octanol–water partition coefficient (Wildman–Crippen LogP) is -1.08. The van der Waals surface area contributed by atoms with Gasteiger partial charge in [0.25, 0.3) is 0 Å². The number of nitrogens with two attached hydrogens (primary N) is 1. The Morgan fingerprint density at radius 3 is 2.50 bits per heavy atom. The van der Waals surface area contributed by atoms with Crippen LogP contribution in [0.25, 0.3) is 0 Å². The lowest BCUT2D eigenvalue weighted by atomic mass is 9.99. The normalized spacial score (nSPS) is 35.8. The number of nitrogen functional groups attached to an aromatic ring is 1. The van der Waals surface area contributed by atoms with E-state index in [4.69, 9.17) is 19.9 Å². The summed E-state index contributed by atoms with van der Waals surface area (Å²) in [7, 11) is 0. The molecule has 0 spiro atoms. The largest absolute Gasteiger partial charge is 0.387 e. The number of hydrogen-bond donors (Lipinski definition) is 4. The first kappa shape index (κ1) is 19.0. The molecule has 10 heteroatoms. The lowest BCUT2D eigenvalue weighted by Crippen LogP contribution is -2.51. The van der Waals surface area contributed by atoms with Gasteiger partial charge in [0.1, 0.15) is 36.3 Å². The summed E-state index contributed by atoms with van der Waals surface area (Å²) in [5.41, 5.74) is 5.47. The molecule has 2 aliphatic rings. The molecule has 2 fully saturated rings. The van der Waals surface area contributed by atoms with E-state index in [0.717, 1.165) is 10.1 Å². The van der Waals surface area contributed by atoms with Crippen LogP contribution in [-0.4, -0.2) is 62.0 Å². The van der Waals surface area contributed by atoms with Crippen molar-refractivity contribution >= 4 is 5.82 Å². The number of rotatable bonds is 2. The topological polar surface area (TPSA) is 149 Å². The second-order valence-corrected chi connectivity index (χ2v) is 6.76. The molecule has 2 aromatic rings. The Morgan fingerprint density at radius 2 is 1.79 bits per heavy atom. The van der Waals surface area contributed by atoms with Crippen LogP contribution in [0.2, 0.25) is 0 Å². The average molecular weight is 391 g/mol. The zero-order valence-electron chi connectivity index (χ0n) is 14.7. The molecular formula is C18H21N3O7. The summed E-state index contributed by atoms with van der Waals surface area (Å²) in [4.78, 5) is 15.8. The SMILES string of the molecule is Nc1ccn([C@@H]2O[C@@H]3COC(c4ccccc4)O[C@H]3[C@H](O)[C@@H](O)[C@H]2O)c(=O)n1. The van der Waals surface area contributed by atoms with E-state index < -0.39 is 48.7 Å². The van der Waals surface area contributed by atoms with Crippen LogP contribution in [0.3, 0.4) is 0 Å². The zero-order chi connectivity index (χ0) is 19.8. The zero-order valence-corrected chi connectivity index (χ0v) is 14.7. The summed E-state index contributed by atoms with van der Waals surface area (Å²) in [5.74, 6) is 0.0119. The molecule has 2 aliphatic heterocycles. The number of aliphatic hydroxyl groups excluding tert-OH is 3. The summed E-state index contributed by atoms with van der Waals surface area (Å²) < 4.78 is 18.4. The Kier molecular flexibility index (Phi) is 5.15. The van der Waals surface area contributed by atoms with Crippen molar-refractivity contribution in [3.05, 3.63) is 58.6 Å². The molecular weight excluding hydrogens is 370 g/mol. The van der Waals surface area contributed by atoms with Crippen LogP contribution in [0.5, 0.6) is 0 Å². The van der Waals surface area contributed by atoms with Crippen molar-refractivity contribution in [2.45, 2.75) is 43.0 Å². The molecule has 0 radical (unpaired) electrons. The third kappa shape index (κ3) is 3.41. The van der Waals surface area contributed by atoms with E-state index >= 15 is 0 Å². The van der Waals surface area contributed by atoms with Gasteiger partial charge in [-0.05, 0) is 6.07 Å². The lowest BCUT2D eigenvalue weighted by molar-refractivity contribution is -0.290. The molecule has 0 saturated carbocycles. The van der Waals surface area contributed by atoms with Crippen LogP contribution >= 0.6 is 0 Å². The van der Waals surface area contributed by atoms with Gasteiger partial charge in [0.15, 0.2) is 12.5 Å². The number of anilines is 1. The van der Waals surface area contributed by atoms with Gasteiger partial charge in [-0.3, -0.25) is 4.57 Å². The van der Waals surface area contributed by atoms with Crippen LogP contribution < -0.4 is 11.4 Å². The molecule has 4 rings (SSSR count). The highest BCUT2D eigenvalue weighted by atomic mass is 16.7. The average Bonchev–Trinajstić information content (AvgIpc) is 2.79. The molecule has 2 saturated heterocycles. The lowest BCUT2D eigenvalue weighted by Gasteiger charge is -2.38. The molecule has 5 N–H and O–H groups in total. The third-order valence-corrected chi connectivity index (χ3v) is 4.90. The fourth-order valence-corrected chi connectivity index (χ4v) is 3.42. The maximum atomic E-state index is 12.2. The number of nitrogens with zero attached hydrogens (tertiary/aromatic N) is 2. The molecule has 3 heterocycles. The molecule has 10 nitrogen and oxygen atoms in total. The number of benzene rings is 1. The Bertz CT molecular complexity index is 877. The van der Waals surface area contributed by atoms with Crippen molar-refractivity contribution in [1.82, 2.24) is 9.55 Å². The van der Waals surface area contributed by atoms with Gasteiger partial charge in [0.2, 0.25) is 0 Å². The van der Waals surface area contributed by atoms with Crippen LogP contribution in [0, 0.1) is 0 Å². The third-order valence-electron chi connectivity index (χ3n) is 4.90. The molecule has 150 valence electrons. The van der Waals surface area contributed by atoms with Crippen molar-refractivity contribution in [3.63, 3.8) is 0 Å². The highest BCUT2D eigenvalue weighted by Crippen LogP contribution is 2.35. The van der Waals surface area contributed by atoms with Gasteiger partial charge in [-0.2, -0.15) is 4.98 Å². The molecule has 1 aromatic heterocycles. The fourth-order valence-electron chi connectivity index (χ4n) is 3.42. The number of fused-ring (bicyclic) bond motifs is 1. The smallest absolute Gasteiger partial charge is 0.351 e. The van der Waals surface area contributed by atoms with E-state index in [0.29, 0.717) is 0 Å². The van der Waals surface area contributed by atoms with Gasteiger partial charge in [0, 0.05) is 11.8 Å². The van der Waals surface area contributed by atoms with Crippen molar-refractivity contribution in [2.24, 2.45) is 0 Å². The van der Waals surface area contributed by atoms with Gasteiger partial charge in [-0.15, -0.1) is 0 Å². The van der Waals surface area contributed by atoms with E-state index in [1.165, 1.54) is 12.3 Å². The first-order valence-electron chi connectivity index (χ1n) is 8.82. The van der Waals surface area contributed by atoms with Crippen LogP contribution in [0.1, 0.15) is 18.1 Å². The summed E-state index contributed by atoms with van der Waals surface area (Å²) in [6.07, 6.45) is -7.28. The minimum atomic E-state index is -1.63. The second kappa shape index (κ2) is 7.59. The van der Waals surface area contributed by atoms with Gasteiger partial charge in [0.05, 0.1) is 6.61 Å². The van der Waals surface area contributed by atoms with Gasteiger partial charge in [-0.1, -0.05) is 30.3 Å². The Morgan fingerprint density at radius 1 is 1.04 bits per heavy atom. The number of ether oxygens (including phenoxy) is 3. The molecule has 0 amide bonds. The highest BCUT2D eigenvalue weighted by Gasteiger charge is 2.49. The molecule has 0 aliphatic carbocycles. The van der Waals surface area contributed by atoms with E-state index in [-0.39, 0.29) is 12.4 Å². The molecule has 7 atom stereocenters. The van der Waals surface area contributed by atoms with E-state index in [9.17, 15) is 20.1 Å². The van der Waals surface area contributed by atoms with E-state index in [1.807, 2.05) is 30.3 Å². The van der Waals surface area contributed by atoms with E-state index in [2.05, 4.69) is 4.98 Å². The summed E-state index contributed by atoms with van der Waals surface area (Å²) >= 11 is 0. The fraction of sp³-hybridized carbons (Fsp3) is 0.444. The van der Waals surface area contributed by atoms with Crippen LogP contribution in [-0.2, 0) is 14.2 Å². The minimum Gasteiger partial charge on any atom is -0.387 e.